The number of nitrogens with zero attached hydrogens (tertiary/aromatic N) is 4. The molecule has 1 saturated heterocycles. The molecule has 0 saturated carbocycles. The van der Waals surface area contributed by atoms with Gasteiger partial charge >= 0.3 is 36.4 Å². The van der Waals surface area contributed by atoms with E-state index in [-0.39, 0.29) is 69.6 Å². The van der Waals surface area contributed by atoms with Crippen LogP contribution in [0.4, 0.5) is 0 Å². The standard InChI is InChI=1S/C51H88N8O25.3CO2/c1-3-10-56-11-12-57(14-16-59(31(50(83)84)8-9-35(66)67)18-17-58(15-13-56)30(4-2)49(81)82)20-28-6-5-7-29(19-28)45(77)52-24-51(25-53-46(78)42(74)39(71)36(68)32(63)21-60,26-54-47(79)43(75)40(72)37(69)33(64)22-61)27-55-48(80)44(76)41(73)38(70)34(65)23-62;3*2-1-3/h5-7,19,30-34,36-44,60-65,68-76H,3-4,8-18,20-27H2,1-2H3,(H,52,77)(H,53,78)(H,54,79)(H,55,80)(H,66,67)(H,81,82)(H,83,84);;;. The third-order valence-electron chi connectivity index (χ3n) is 14.5. The van der Waals surface area contributed by atoms with E-state index in [4.69, 9.17) is 28.8 Å². The first-order valence-electron chi connectivity index (χ1n) is 28.6. The van der Waals surface area contributed by atoms with Gasteiger partial charge in [0.2, 0.25) is 0 Å². The van der Waals surface area contributed by atoms with Crippen LogP contribution in [0.5, 0.6) is 0 Å². The van der Waals surface area contributed by atoms with Crippen molar-refractivity contribution in [1.82, 2.24) is 40.9 Å². The Morgan fingerprint density at radius 3 is 1.19 bits per heavy atom. The molecule has 0 aliphatic carbocycles. The SMILES string of the molecule is CCCN1CCN(Cc2cccc(C(=O)NCC(CNC(=O)C(O)C(O)C(O)C(O)CO)(CNC(=O)C(O)C(O)C(O)C(O)CO)CNC(=O)C(O)C(O)C(O)C(O)CO)c2)CCN(C(CCC(=O)O)C(=O)O)CCN(C(CC)C(=O)O)CC1.O=C=O.O=C=O.O=C=O. The van der Waals surface area contributed by atoms with Gasteiger partial charge in [-0.1, -0.05) is 26.0 Å². The molecule has 0 aromatic heterocycles. The zero-order valence-corrected chi connectivity index (χ0v) is 50.9. The molecule has 1 aliphatic heterocycles. The Labute approximate surface area is 531 Å². The van der Waals surface area contributed by atoms with Gasteiger partial charge in [0.25, 0.3) is 23.6 Å². The summed E-state index contributed by atoms with van der Waals surface area (Å²) in [6, 6.07) is 3.89. The van der Waals surface area contributed by atoms with Crippen molar-refractivity contribution in [2.45, 2.75) is 131 Å². The van der Waals surface area contributed by atoms with Gasteiger partial charge in [-0.15, -0.1) is 0 Å². The number of hydrogen-bond donors (Lipinski definition) is 22. The molecule has 22 N–H and O–H groups in total. The number of aliphatic hydroxyl groups is 15. The number of carbonyl (C=O) groups excluding carboxylic acids is 10. The molecule has 39 nitrogen and oxygen atoms in total. The van der Waals surface area contributed by atoms with Crippen molar-refractivity contribution in [2.24, 2.45) is 5.41 Å². The molecule has 1 heterocycles. The van der Waals surface area contributed by atoms with E-state index >= 15 is 0 Å². The number of carbonyl (C=O) groups is 7. The summed E-state index contributed by atoms with van der Waals surface area (Å²) in [7, 11) is 0. The first-order chi connectivity index (χ1) is 43.8. The minimum absolute atomic E-state index is 0.0503. The summed E-state index contributed by atoms with van der Waals surface area (Å²) in [5.41, 5.74) is -1.64. The van der Waals surface area contributed by atoms with Crippen molar-refractivity contribution in [2.75, 3.05) is 105 Å². The predicted molar refractivity (Wildman–Crippen MR) is 304 cm³/mol. The summed E-state index contributed by atoms with van der Waals surface area (Å²) in [6.07, 6.45) is -27.3. The van der Waals surface area contributed by atoms with E-state index in [1.807, 2.05) is 11.8 Å². The molecular weight excluding hydrogens is 1260 g/mol. The maximum absolute atomic E-state index is 14.3. The fraction of sp³-hybridized carbons (Fsp3) is 0.704. The van der Waals surface area contributed by atoms with Crippen LogP contribution in [0.1, 0.15) is 55.5 Å². The van der Waals surface area contributed by atoms with Crippen molar-refractivity contribution < 1.29 is 154 Å². The van der Waals surface area contributed by atoms with Crippen LogP contribution in [-0.2, 0) is 64.1 Å². The average Bonchev–Trinajstić information content (AvgIpc) is 1.04. The van der Waals surface area contributed by atoms with Gasteiger partial charge in [0.1, 0.15) is 67.0 Å². The largest absolute Gasteiger partial charge is 0.481 e. The van der Waals surface area contributed by atoms with E-state index in [0.29, 0.717) is 38.3 Å². The van der Waals surface area contributed by atoms with Gasteiger partial charge in [0.05, 0.1) is 19.8 Å². The molecule has 0 bridgehead atoms. The third-order valence-corrected chi connectivity index (χ3v) is 14.5. The molecule has 14 unspecified atom stereocenters. The van der Waals surface area contributed by atoms with Gasteiger partial charge in [-0.2, -0.15) is 28.8 Å². The Kier molecular flexibility index (Phi) is 45.1. The minimum atomic E-state index is -2.60. The van der Waals surface area contributed by atoms with Crippen LogP contribution in [0.25, 0.3) is 0 Å². The normalized spacial score (nSPS) is 18.7. The van der Waals surface area contributed by atoms with Gasteiger partial charge in [-0.25, -0.2) is 0 Å². The molecular formula is C54H88N8O31. The van der Waals surface area contributed by atoms with Crippen molar-refractivity contribution >= 4 is 60.0 Å². The highest BCUT2D eigenvalue weighted by Gasteiger charge is 2.41. The fourth-order valence-electron chi connectivity index (χ4n) is 9.14. The number of carboxylic acid groups (broad SMARTS) is 3. The van der Waals surface area contributed by atoms with Gasteiger partial charge in [-0.05, 0) is 43.5 Å². The topological polar surface area (TPSA) is 647 Å². The lowest BCUT2D eigenvalue weighted by Gasteiger charge is -2.37. The van der Waals surface area contributed by atoms with Crippen molar-refractivity contribution in [3.8, 4) is 0 Å². The Morgan fingerprint density at radius 2 is 0.839 bits per heavy atom. The molecule has 1 aromatic rings. The maximum Gasteiger partial charge on any atom is 0.373 e. The molecule has 14 atom stereocenters. The predicted octanol–water partition coefficient (Wildman–Crippen LogP) is -12.4. The quantitative estimate of drug-likeness (QED) is 0.0297. The smallest absolute Gasteiger partial charge is 0.373 e. The first-order valence-corrected chi connectivity index (χ1v) is 28.6. The summed E-state index contributed by atoms with van der Waals surface area (Å²) in [5.74, 6) is -9.04. The zero-order valence-electron chi connectivity index (χ0n) is 50.9. The number of benzene rings is 1. The summed E-state index contributed by atoms with van der Waals surface area (Å²) >= 11 is 0. The van der Waals surface area contributed by atoms with Crippen LogP contribution in [-0.4, -0.2) is 362 Å². The number of nitrogens with one attached hydrogen (secondary N) is 4. The summed E-state index contributed by atoms with van der Waals surface area (Å²) < 4.78 is 0. The molecule has 530 valence electrons. The van der Waals surface area contributed by atoms with E-state index in [0.717, 1.165) is 6.42 Å². The van der Waals surface area contributed by atoms with Gasteiger partial charge in [-0.3, -0.25) is 48.3 Å². The molecule has 1 fully saturated rings. The van der Waals surface area contributed by atoms with Crippen molar-refractivity contribution in [1.29, 1.82) is 0 Å². The van der Waals surface area contributed by atoms with E-state index in [2.05, 4.69) is 26.2 Å². The molecule has 93 heavy (non-hydrogen) atoms. The lowest BCUT2D eigenvalue weighted by Crippen LogP contribution is -2.61. The highest BCUT2D eigenvalue weighted by Crippen LogP contribution is 2.19. The maximum atomic E-state index is 14.3. The van der Waals surface area contributed by atoms with Crippen LogP contribution in [0.2, 0.25) is 0 Å². The van der Waals surface area contributed by atoms with Crippen LogP contribution >= 0.6 is 0 Å². The van der Waals surface area contributed by atoms with Crippen molar-refractivity contribution in [3.05, 3.63) is 35.4 Å². The first kappa shape index (κ1) is 87.9. The summed E-state index contributed by atoms with van der Waals surface area (Å²) in [6.45, 7) is -0.477. The van der Waals surface area contributed by atoms with E-state index < -0.39 is 185 Å². The van der Waals surface area contributed by atoms with Crippen molar-refractivity contribution in [3.63, 3.8) is 0 Å². The second-order valence-corrected chi connectivity index (χ2v) is 21.1. The molecule has 2 rings (SSSR count). The highest BCUT2D eigenvalue weighted by molar-refractivity contribution is 5.94. The third kappa shape index (κ3) is 32.1. The van der Waals surface area contributed by atoms with E-state index in [1.54, 1.807) is 22.8 Å². The molecule has 0 radical (unpaired) electrons. The Hall–Kier alpha value is -7.11. The summed E-state index contributed by atoms with van der Waals surface area (Å²) in [5, 5.41) is 190. The average molecular weight is 1350 g/mol. The molecule has 0 spiro atoms. The number of amides is 4. The van der Waals surface area contributed by atoms with Crippen LogP contribution in [0.3, 0.4) is 0 Å². The monoisotopic (exact) mass is 1340 g/mol. The van der Waals surface area contributed by atoms with Crippen LogP contribution in [0.15, 0.2) is 24.3 Å². The van der Waals surface area contributed by atoms with Crippen LogP contribution < -0.4 is 21.3 Å². The minimum Gasteiger partial charge on any atom is -0.481 e. The number of hydrogen-bond acceptors (Lipinski definition) is 32. The molecule has 1 aromatic carbocycles. The number of carboxylic acids is 3. The number of rotatable bonds is 36. The molecule has 39 heteroatoms. The van der Waals surface area contributed by atoms with Gasteiger partial charge in [0.15, 0.2) is 18.3 Å². The van der Waals surface area contributed by atoms with Gasteiger partial charge in [0, 0.05) is 102 Å². The molecule has 4 amide bonds. The zero-order chi connectivity index (χ0) is 71.7. The van der Waals surface area contributed by atoms with E-state index in [1.165, 1.54) is 18.2 Å². The second kappa shape index (κ2) is 47.7. The number of aliphatic carboxylic acids is 3. The lowest BCUT2D eigenvalue weighted by molar-refractivity contribution is -0.193. The Morgan fingerprint density at radius 1 is 0.495 bits per heavy atom. The lowest BCUT2D eigenvalue weighted by atomic mass is 9.86. The Bertz CT molecular complexity index is 2370. The second-order valence-electron chi connectivity index (χ2n) is 21.1. The Balaban J connectivity index is 0. The summed E-state index contributed by atoms with van der Waals surface area (Å²) in [4.78, 5) is 147. The van der Waals surface area contributed by atoms with Gasteiger partial charge < -0.3 is 118 Å². The van der Waals surface area contributed by atoms with E-state index in [9.17, 15) is 125 Å². The van der Waals surface area contributed by atoms with Crippen LogP contribution in [0, 0.1) is 5.41 Å². The molecule has 1 aliphatic rings. The number of aliphatic hydroxyl groups excluding tert-OH is 15. The highest BCUT2D eigenvalue weighted by atomic mass is 16.4. The fourth-order valence-corrected chi connectivity index (χ4v) is 9.14.